The molecule has 0 aliphatic rings. The number of benzene rings is 2. The molecule has 0 fully saturated rings. The molecule has 0 bridgehead atoms. The van der Waals surface area contributed by atoms with Crippen LogP contribution in [0.3, 0.4) is 0 Å². The van der Waals surface area contributed by atoms with Gasteiger partial charge in [0.05, 0.1) is 18.8 Å². The summed E-state index contributed by atoms with van der Waals surface area (Å²) in [4.78, 5) is 10.4. The number of allylic oxidation sites excluding steroid dienone is 1. The van der Waals surface area contributed by atoms with E-state index in [2.05, 4.69) is 6.07 Å². The van der Waals surface area contributed by atoms with Gasteiger partial charge in [0.15, 0.2) is 6.61 Å². The summed E-state index contributed by atoms with van der Waals surface area (Å²) >= 11 is 0. The first-order chi connectivity index (χ1) is 11.1. The average Bonchev–Trinajstić information content (AvgIpc) is 2.59. The Balaban J connectivity index is 2.17. The fraction of sp³-hybridized carbons (Fsp3) is 0.111. The zero-order valence-corrected chi connectivity index (χ0v) is 12.5. The normalized spacial score (nSPS) is 10.7. The minimum atomic E-state index is -1.03. The predicted octanol–water partition coefficient (Wildman–Crippen LogP) is 3.22. The van der Waals surface area contributed by atoms with Crippen molar-refractivity contribution in [3.63, 3.8) is 0 Å². The zero-order valence-electron chi connectivity index (χ0n) is 12.5. The molecule has 0 heterocycles. The quantitative estimate of drug-likeness (QED) is 0.654. The Kier molecular flexibility index (Phi) is 5.37. The Hall–Kier alpha value is -3.26. The fourth-order valence-electron chi connectivity index (χ4n) is 1.92. The first kappa shape index (κ1) is 16.1. The zero-order chi connectivity index (χ0) is 16.7. The van der Waals surface area contributed by atoms with E-state index in [-0.39, 0.29) is 6.61 Å². The maximum atomic E-state index is 10.4. The SMILES string of the molecule is COc1ccc(/C(C#N)=C/c2ccc(OCC(=O)O)cc2)cc1. The molecule has 0 amide bonds. The topological polar surface area (TPSA) is 79.5 Å². The van der Waals surface area contributed by atoms with Gasteiger partial charge < -0.3 is 14.6 Å². The molecule has 23 heavy (non-hydrogen) atoms. The molecule has 0 aliphatic carbocycles. The summed E-state index contributed by atoms with van der Waals surface area (Å²) in [6.07, 6.45) is 1.75. The Bertz CT molecular complexity index is 740. The van der Waals surface area contributed by atoms with Crippen LogP contribution in [-0.2, 0) is 4.79 Å². The van der Waals surface area contributed by atoms with Crippen molar-refractivity contribution in [3.8, 4) is 17.6 Å². The van der Waals surface area contributed by atoms with Gasteiger partial charge in [-0.1, -0.05) is 12.1 Å². The van der Waals surface area contributed by atoms with Crippen LogP contribution in [0.5, 0.6) is 11.5 Å². The molecule has 0 atom stereocenters. The molecule has 5 nitrogen and oxygen atoms in total. The Morgan fingerprint density at radius 1 is 1.13 bits per heavy atom. The highest BCUT2D eigenvalue weighted by atomic mass is 16.5. The van der Waals surface area contributed by atoms with Crippen LogP contribution in [0.15, 0.2) is 48.5 Å². The Morgan fingerprint density at radius 2 is 1.74 bits per heavy atom. The van der Waals surface area contributed by atoms with Crippen molar-refractivity contribution in [1.82, 2.24) is 0 Å². The number of nitrogens with zero attached hydrogens (tertiary/aromatic N) is 1. The number of rotatable bonds is 6. The lowest BCUT2D eigenvalue weighted by atomic mass is 10.0. The van der Waals surface area contributed by atoms with Gasteiger partial charge in [-0.25, -0.2) is 4.79 Å². The lowest BCUT2D eigenvalue weighted by Gasteiger charge is -2.04. The van der Waals surface area contributed by atoms with E-state index in [1.165, 1.54) is 0 Å². The summed E-state index contributed by atoms with van der Waals surface area (Å²) in [5.74, 6) is 0.165. The van der Waals surface area contributed by atoms with Crippen LogP contribution >= 0.6 is 0 Å². The van der Waals surface area contributed by atoms with Crippen LogP contribution in [0.25, 0.3) is 11.6 Å². The number of carboxylic acids is 1. The van der Waals surface area contributed by atoms with E-state index < -0.39 is 5.97 Å². The third-order valence-electron chi connectivity index (χ3n) is 3.07. The van der Waals surface area contributed by atoms with Crippen molar-refractivity contribution < 1.29 is 19.4 Å². The predicted molar refractivity (Wildman–Crippen MR) is 86.1 cm³/mol. The third-order valence-corrected chi connectivity index (χ3v) is 3.07. The molecule has 0 saturated carbocycles. The lowest BCUT2D eigenvalue weighted by Crippen LogP contribution is -2.09. The lowest BCUT2D eigenvalue weighted by molar-refractivity contribution is -0.139. The highest BCUT2D eigenvalue weighted by Gasteiger charge is 2.03. The van der Waals surface area contributed by atoms with Crippen LogP contribution in [0.1, 0.15) is 11.1 Å². The summed E-state index contributed by atoms with van der Waals surface area (Å²) in [5, 5.41) is 17.9. The van der Waals surface area contributed by atoms with Gasteiger partial charge >= 0.3 is 5.97 Å². The molecule has 0 aliphatic heterocycles. The van der Waals surface area contributed by atoms with Gasteiger partial charge in [0, 0.05) is 0 Å². The molecule has 5 heteroatoms. The van der Waals surface area contributed by atoms with E-state index in [1.807, 2.05) is 12.1 Å². The Labute approximate surface area is 134 Å². The molecule has 2 aromatic carbocycles. The van der Waals surface area contributed by atoms with Crippen molar-refractivity contribution in [1.29, 1.82) is 5.26 Å². The van der Waals surface area contributed by atoms with E-state index in [1.54, 1.807) is 49.6 Å². The van der Waals surface area contributed by atoms with Crippen molar-refractivity contribution in [2.24, 2.45) is 0 Å². The molecular weight excluding hydrogens is 294 g/mol. The maximum absolute atomic E-state index is 10.4. The number of hydrogen-bond donors (Lipinski definition) is 1. The molecular formula is C18H15NO4. The second-order valence-corrected chi connectivity index (χ2v) is 4.65. The van der Waals surface area contributed by atoms with E-state index in [0.717, 1.165) is 16.9 Å². The molecule has 1 N–H and O–H groups in total. The van der Waals surface area contributed by atoms with E-state index in [0.29, 0.717) is 11.3 Å². The van der Waals surface area contributed by atoms with Crippen LogP contribution in [0.4, 0.5) is 0 Å². The second-order valence-electron chi connectivity index (χ2n) is 4.65. The average molecular weight is 309 g/mol. The smallest absolute Gasteiger partial charge is 0.341 e. The van der Waals surface area contributed by atoms with E-state index in [9.17, 15) is 10.1 Å². The molecule has 0 spiro atoms. The van der Waals surface area contributed by atoms with Gasteiger partial charge in [-0.05, 0) is 53.6 Å². The number of nitriles is 1. The maximum Gasteiger partial charge on any atom is 0.341 e. The number of carbonyl (C=O) groups is 1. The highest BCUT2D eigenvalue weighted by molar-refractivity contribution is 5.89. The van der Waals surface area contributed by atoms with Crippen LogP contribution in [-0.4, -0.2) is 24.8 Å². The van der Waals surface area contributed by atoms with Gasteiger partial charge in [0.1, 0.15) is 11.5 Å². The number of hydrogen-bond acceptors (Lipinski definition) is 4. The second kappa shape index (κ2) is 7.66. The van der Waals surface area contributed by atoms with Gasteiger partial charge in [0.2, 0.25) is 0 Å². The van der Waals surface area contributed by atoms with Crippen LogP contribution in [0.2, 0.25) is 0 Å². The van der Waals surface area contributed by atoms with Gasteiger partial charge in [-0.3, -0.25) is 0 Å². The van der Waals surface area contributed by atoms with Crippen LogP contribution < -0.4 is 9.47 Å². The molecule has 0 saturated heterocycles. The summed E-state index contributed by atoms with van der Waals surface area (Å²) in [6, 6.07) is 16.2. The molecule has 116 valence electrons. The van der Waals surface area contributed by atoms with Gasteiger partial charge in [0.25, 0.3) is 0 Å². The van der Waals surface area contributed by atoms with Crippen molar-refractivity contribution in [3.05, 3.63) is 59.7 Å². The van der Waals surface area contributed by atoms with Crippen molar-refractivity contribution >= 4 is 17.6 Å². The van der Waals surface area contributed by atoms with Crippen LogP contribution in [0, 0.1) is 11.3 Å². The first-order valence-electron chi connectivity index (χ1n) is 6.83. The minimum absolute atomic E-state index is 0.384. The monoisotopic (exact) mass is 309 g/mol. The minimum Gasteiger partial charge on any atom is -0.497 e. The summed E-state index contributed by atoms with van der Waals surface area (Å²) in [7, 11) is 1.59. The van der Waals surface area contributed by atoms with E-state index >= 15 is 0 Å². The summed E-state index contributed by atoms with van der Waals surface area (Å²) in [6.45, 7) is -0.384. The van der Waals surface area contributed by atoms with Gasteiger partial charge in [-0.2, -0.15) is 5.26 Å². The molecule has 2 aromatic rings. The fourth-order valence-corrected chi connectivity index (χ4v) is 1.92. The third kappa shape index (κ3) is 4.61. The van der Waals surface area contributed by atoms with Gasteiger partial charge in [-0.15, -0.1) is 0 Å². The molecule has 0 unspecified atom stereocenters. The number of methoxy groups -OCH3 is 1. The summed E-state index contributed by atoms with van der Waals surface area (Å²) < 4.78 is 10.2. The highest BCUT2D eigenvalue weighted by Crippen LogP contribution is 2.21. The number of aliphatic carboxylic acids is 1. The molecule has 0 radical (unpaired) electrons. The molecule has 2 rings (SSSR count). The molecule has 0 aromatic heterocycles. The first-order valence-corrected chi connectivity index (χ1v) is 6.83. The number of carboxylic acid groups (broad SMARTS) is 1. The Morgan fingerprint density at radius 3 is 2.26 bits per heavy atom. The number of ether oxygens (including phenoxy) is 2. The standard InChI is InChI=1S/C18H15NO4/c1-22-16-8-4-14(5-9-16)15(11-19)10-13-2-6-17(7-3-13)23-12-18(20)21/h2-10H,12H2,1H3,(H,20,21)/b15-10+. The largest absolute Gasteiger partial charge is 0.497 e. The van der Waals surface area contributed by atoms with Crippen molar-refractivity contribution in [2.75, 3.05) is 13.7 Å². The summed E-state index contributed by atoms with van der Waals surface area (Å²) in [5.41, 5.74) is 2.13. The van der Waals surface area contributed by atoms with Crippen molar-refractivity contribution in [2.45, 2.75) is 0 Å². The van der Waals surface area contributed by atoms with E-state index in [4.69, 9.17) is 14.6 Å².